The van der Waals surface area contributed by atoms with Crippen molar-refractivity contribution >= 4 is 21.6 Å². The molecule has 172 valence electrons. The van der Waals surface area contributed by atoms with Gasteiger partial charge >= 0.3 is 0 Å². The summed E-state index contributed by atoms with van der Waals surface area (Å²) >= 11 is 0. The summed E-state index contributed by atoms with van der Waals surface area (Å²) in [5, 5.41) is 0. The monoisotopic (exact) mass is 455 g/mol. The van der Waals surface area contributed by atoms with Crippen molar-refractivity contribution in [3.8, 4) is 0 Å². The lowest BCUT2D eigenvalue weighted by Crippen LogP contribution is -2.39. The van der Waals surface area contributed by atoms with Gasteiger partial charge in [-0.25, -0.2) is 13.1 Å². The summed E-state index contributed by atoms with van der Waals surface area (Å²) in [5.74, 6) is -0.664. The quantitative estimate of drug-likeness (QED) is 0.723. The van der Waals surface area contributed by atoms with Crippen LogP contribution in [0, 0.1) is 5.41 Å². The van der Waals surface area contributed by atoms with E-state index in [2.05, 4.69) is 40.5 Å². The van der Waals surface area contributed by atoms with E-state index in [1.807, 2.05) is 24.3 Å². The molecule has 1 saturated heterocycles. The van der Waals surface area contributed by atoms with Crippen LogP contribution in [0.25, 0.3) is 0 Å². The first-order valence-electron chi connectivity index (χ1n) is 11.4. The molecule has 0 saturated carbocycles. The summed E-state index contributed by atoms with van der Waals surface area (Å²) in [6, 6.07) is 15.5. The van der Waals surface area contributed by atoms with Crippen LogP contribution in [0.15, 0.2) is 48.5 Å². The van der Waals surface area contributed by atoms with Crippen LogP contribution in [0.5, 0.6) is 0 Å². The molecule has 2 aliphatic heterocycles. The van der Waals surface area contributed by atoms with Crippen molar-refractivity contribution in [1.29, 1.82) is 0 Å². The van der Waals surface area contributed by atoms with Gasteiger partial charge in [-0.2, -0.15) is 0 Å². The molecule has 0 radical (unpaired) electrons. The van der Waals surface area contributed by atoms with E-state index in [4.69, 9.17) is 0 Å². The van der Waals surface area contributed by atoms with Gasteiger partial charge < -0.3 is 4.90 Å². The SMILES string of the molecule is CC1(C)CCN(c2ccc(C(=O)NS(=O)(=O)CCN3CCc4ccccc4C3)cc2)CC1. The molecule has 2 heterocycles. The summed E-state index contributed by atoms with van der Waals surface area (Å²) < 4.78 is 27.3. The molecular formula is C25H33N3O3S. The second-order valence-corrected chi connectivity index (χ2v) is 11.6. The fourth-order valence-corrected chi connectivity index (χ4v) is 5.44. The van der Waals surface area contributed by atoms with Crippen LogP contribution >= 0.6 is 0 Å². The molecule has 6 nitrogen and oxygen atoms in total. The molecular weight excluding hydrogens is 422 g/mol. The molecule has 4 rings (SSSR count). The predicted octanol–water partition coefficient (Wildman–Crippen LogP) is 3.43. The molecule has 2 aromatic carbocycles. The van der Waals surface area contributed by atoms with Gasteiger partial charge in [-0.05, 0) is 60.1 Å². The molecule has 7 heteroatoms. The Bertz CT molecular complexity index is 1050. The third-order valence-electron chi connectivity index (χ3n) is 6.75. The van der Waals surface area contributed by atoms with Gasteiger partial charge in [-0.15, -0.1) is 0 Å². The minimum atomic E-state index is -3.70. The van der Waals surface area contributed by atoms with Crippen LogP contribution in [0.4, 0.5) is 5.69 Å². The van der Waals surface area contributed by atoms with E-state index in [9.17, 15) is 13.2 Å². The molecule has 1 N–H and O–H groups in total. The van der Waals surface area contributed by atoms with Crippen molar-refractivity contribution in [2.24, 2.45) is 5.41 Å². The second kappa shape index (κ2) is 9.24. The maximum Gasteiger partial charge on any atom is 0.264 e. The fourth-order valence-electron chi connectivity index (χ4n) is 4.44. The average Bonchev–Trinajstić information content (AvgIpc) is 2.77. The highest BCUT2D eigenvalue weighted by Crippen LogP contribution is 2.32. The smallest absolute Gasteiger partial charge is 0.264 e. The van der Waals surface area contributed by atoms with Crippen molar-refractivity contribution in [2.45, 2.75) is 39.7 Å². The summed E-state index contributed by atoms with van der Waals surface area (Å²) in [7, 11) is -3.70. The fraction of sp³-hybridized carbons (Fsp3) is 0.480. The molecule has 1 amide bonds. The van der Waals surface area contributed by atoms with E-state index >= 15 is 0 Å². The molecule has 0 spiro atoms. The first-order chi connectivity index (χ1) is 15.2. The highest BCUT2D eigenvalue weighted by molar-refractivity contribution is 7.90. The number of fused-ring (bicyclic) bond motifs is 1. The average molecular weight is 456 g/mol. The summed E-state index contributed by atoms with van der Waals surface area (Å²) in [6.07, 6.45) is 3.19. The minimum Gasteiger partial charge on any atom is -0.371 e. The number of nitrogens with zero attached hydrogens (tertiary/aromatic N) is 2. The van der Waals surface area contributed by atoms with Crippen LogP contribution in [0.1, 0.15) is 48.2 Å². The predicted molar refractivity (Wildman–Crippen MR) is 128 cm³/mol. The Morgan fingerprint density at radius 3 is 2.31 bits per heavy atom. The number of nitrogens with one attached hydrogen (secondary N) is 1. The topological polar surface area (TPSA) is 69.7 Å². The zero-order valence-corrected chi connectivity index (χ0v) is 19.8. The van der Waals surface area contributed by atoms with Crippen LogP contribution in [-0.2, 0) is 23.0 Å². The molecule has 0 atom stereocenters. The molecule has 2 aromatic rings. The lowest BCUT2D eigenvalue weighted by Gasteiger charge is -2.38. The maximum absolute atomic E-state index is 12.5. The van der Waals surface area contributed by atoms with Crippen LogP contribution in [0.3, 0.4) is 0 Å². The highest BCUT2D eigenvalue weighted by atomic mass is 32.2. The van der Waals surface area contributed by atoms with Crippen molar-refractivity contribution in [3.63, 3.8) is 0 Å². The lowest BCUT2D eigenvalue weighted by molar-refractivity contribution is 0.0981. The zero-order valence-electron chi connectivity index (χ0n) is 19.0. The summed E-state index contributed by atoms with van der Waals surface area (Å²) in [4.78, 5) is 17.0. The third-order valence-corrected chi connectivity index (χ3v) is 7.96. The van der Waals surface area contributed by atoms with E-state index in [0.29, 0.717) is 17.5 Å². The van der Waals surface area contributed by atoms with Gasteiger partial charge in [0.05, 0.1) is 5.75 Å². The largest absolute Gasteiger partial charge is 0.371 e. The lowest BCUT2D eigenvalue weighted by atomic mass is 9.82. The normalized spacial score (nSPS) is 18.8. The summed E-state index contributed by atoms with van der Waals surface area (Å²) in [6.45, 7) is 8.55. The van der Waals surface area contributed by atoms with Gasteiger partial charge in [0.25, 0.3) is 5.91 Å². The molecule has 0 aromatic heterocycles. The maximum atomic E-state index is 12.5. The van der Waals surface area contributed by atoms with Crippen molar-refractivity contribution in [1.82, 2.24) is 9.62 Å². The Labute approximate surface area is 191 Å². The van der Waals surface area contributed by atoms with Crippen LogP contribution < -0.4 is 9.62 Å². The second-order valence-electron chi connectivity index (χ2n) is 9.74. The Hall–Kier alpha value is -2.38. The molecule has 0 aliphatic carbocycles. The Balaban J connectivity index is 1.29. The minimum absolute atomic E-state index is 0.0947. The van der Waals surface area contributed by atoms with Crippen LogP contribution in [-0.4, -0.2) is 51.2 Å². The Morgan fingerprint density at radius 2 is 1.62 bits per heavy atom. The van der Waals surface area contributed by atoms with E-state index < -0.39 is 15.9 Å². The molecule has 0 unspecified atom stereocenters. The van der Waals surface area contributed by atoms with Gasteiger partial charge in [-0.1, -0.05) is 38.1 Å². The number of amides is 1. The Morgan fingerprint density at radius 1 is 0.969 bits per heavy atom. The van der Waals surface area contributed by atoms with E-state index in [1.165, 1.54) is 11.1 Å². The Kier molecular flexibility index (Phi) is 6.58. The van der Waals surface area contributed by atoms with Crippen molar-refractivity contribution < 1.29 is 13.2 Å². The van der Waals surface area contributed by atoms with Gasteiger partial charge in [0.15, 0.2) is 0 Å². The zero-order chi connectivity index (χ0) is 22.8. The number of piperidine rings is 1. The highest BCUT2D eigenvalue weighted by Gasteiger charge is 2.26. The first kappa shape index (κ1) is 22.8. The van der Waals surface area contributed by atoms with Gasteiger partial charge in [-0.3, -0.25) is 9.69 Å². The number of carbonyl (C=O) groups excluding carboxylic acids is 1. The molecule has 0 bridgehead atoms. The van der Waals surface area contributed by atoms with Crippen molar-refractivity contribution in [3.05, 3.63) is 65.2 Å². The number of sulfonamides is 1. The van der Waals surface area contributed by atoms with Crippen LogP contribution in [0.2, 0.25) is 0 Å². The molecule has 32 heavy (non-hydrogen) atoms. The summed E-state index contributed by atoms with van der Waals surface area (Å²) in [5.41, 5.74) is 4.39. The van der Waals surface area contributed by atoms with Gasteiger partial charge in [0.1, 0.15) is 0 Å². The number of anilines is 1. The third kappa shape index (κ3) is 5.70. The number of rotatable bonds is 6. The van der Waals surface area contributed by atoms with Gasteiger partial charge in [0.2, 0.25) is 10.0 Å². The molecule has 1 fully saturated rings. The van der Waals surface area contributed by atoms with E-state index in [1.54, 1.807) is 12.1 Å². The number of hydrogen-bond donors (Lipinski definition) is 1. The van der Waals surface area contributed by atoms with E-state index in [0.717, 1.165) is 51.1 Å². The van der Waals surface area contributed by atoms with Crippen molar-refractivity contribution in [2.75, 3.05) is 36.8 Å². The number of benzene rings is 2. The molecule has 2 aliphatic rings. The van der Waals surface area contributed by atoms with Gasteiger partial charge in [0, 0.05) is 44.0 Å². The first-order valence-corrected chi connectivity index (χ1v) is 13.1. The standard InChI is InChI=1S/C25H33N3O3S/c1-25(2)12-15-28(16-13-25)23-9-7-21(8-10-23)24(29)26-32(30,31)18-17-27-14-11-20-5-3-4-6-22(20)19-27/h3-10H,11-19H2,1-2H3,(H,26,29). The van der Waals surface area contributed by atoms with E-state index in [-0.39, 0.29) is 5.75 Å². The number of carbonyl (C=O) groups is 1. The number of hydrogen-bond acceptors (Lipinski definition) is 5.